The Labute approximate surface area is 184 Å². The fourth-order valence-corrected chi connectivity index (χ4v) is 3.80. The second kappa shape index (κ2) is 11.5. The SMILES string of the molecule is Cl.Cl.O=c1[nH]c(NCCN2CCN(Cc3ccccc3)CC2)nc2c1CCNC2. The van der Waals surface area contributed by atoms with Crippen molar-refractivity contribution in [2.24, 2.45) is 0 Å². The van der Waals surface area contributed by atoms with Crippen molar-refractivity contribution < 1.29 is 0 Å². The fourth-order valence-electron chi connectivity index (χ4n) is 3.80. The molecule has 3 N–H and O–H groups in total. The van der Waals surface area contributed by atoms with E-state index in [1.54, 1.807) is 0 Å². The first kappa shape index (κ1) is 23.6. The molecule has 1 aromatic carbocycles. The summed E-state index contributed by atoms with van der Waals surface area (Å²) >= 11 is 0. The zero-order chi connectivity index (χ0) is 18.5. The number of nitrogens with one attached hydrogen (secondary N) is 3. The lowest BCUT2D eigenvalue weighted by Gasteiger charge is -2.34. The van der Waals surface area contributed by atoms with Crippen molar-refractivity contribution in [3.63, 3.8) is 0 Å². The van der Waals surface area contributed by atoms with Crippen molar-refractivity contribution in [1.82, 2.24) is 25.1 Å². The number of hydrogen-bond donors (Lipinski definition) is 3. The van der Waals surface area contributed by atoms with Gasteiger partial charge >= 0.3 is 0 Å². The number of anilines is 1. The van der Waals surface area contributed by atoms with E-state index in [1.165, 1.54) is 5.56 Å². The molecule has 1 aromatic heterocycles. The summed E-state index contributed by atoms with van der Waals surface area (Å²) in [5, 5.41) is 6.55. The van der Waals surface area contributed by atoms with Crippen molar-refractivity contribution >= 4 is 30.8 Å². The Balaban J connectivity index is 0.00000150. The molecule has 0 aliphatic carbocycles. The molecule has 2 aromatic rings. The van der Waals surface area contributed by atoms with Crippen LogP contribution in [-0.2, 0) is 19.5 Å². The van der Waals surface area contributed by atoms with Gasteiger partial charge in [-0.1, -0.05) is 30.3 Å². The maximum Gasteiger partial charge on any atom is 0.255 e. The first-order valence-corrected chi connectivity index (χ1v) is 9.83. The monoisotopic (exact) mass is 440 g/mol. The minimum atomic E-state index is -0.00136. The van der Waals surface area contributed by atoms with E-state index in [2.05, 4.69) is 60.7 Å². The molecule has 0 unspecified atom stereocenters. The third kappa shape index (κ3) is 6.42. The van der Waals surface area contributed by atoms with E-state index in [1.807, 2.05) is 0 Å². The summed E-state index contributed by atoms with van der Waals surface area (Å²) in [5.41, 5.74) is 3.08. The van der Waals surface area contributed by atoms with E-state index in [4.69, 9.17) is 0 Å². The number of piperazine rings is 1. The number of halogens is 2. The van der Waals surface area contributed by atoms with Crippen LogP contribution in [0.1, 0.15) is 16.8 Å². The molecule has 160 valence electrons. The number of aromatic amines is 1. The lowest BCUT2D eigenvalue weighted by atomic mass is 10.1. The lowest BCUT2D eigenvalue weighted by molar-refractivity contribution is 0.130. The van der Waals surface area contributed by atoms with Crippen LogP contribution in [0.3, 0.4) is 0 Å². The van der Waals surface area contributed by atoms with Gasteiger partial charge in [-0.3, -0.25) is 19.6 Å². The first-order valence-electron chi connectivity index (χ1n) is 9.83. The zero-order valence-corrected chi connectivity index (χ0v) is 18.2. The van der Waals surface area contributed by atoms with Gasteiger partial charge in [0, 0.05) is 57.9 Å². The van der Waals surface area contributed by atoms with Gasteiger partial charge in [-0.2, -0.15) is 0 Å². The summed E-state index contributed by atoms with van der Waals surface area (Å²) in [7, 11) is 0. The highest BCUT2D eigenvalue weighted by atomic mass is 35.5. The average Bonchev–Trinajstić information content (AvgIpc) is 2.70. The molecule has 1 saturated heterocycles. The predicted molar refractivity (Wildman–Crippen MR) is 121 cm³/mol. The molecule has 0 spiro atoms. The Morgan fingerprint density at radius 1 is 1.03 bits per heavy atom. The molecule has 1 fully saturated rings. The molecule has 9 heteroatoms. The van der Waals surface area contributed by atoms with Gasteiger partial charge in [-0.25, -0.2) is 4.98 Å². The molecule has 2 aliphatic rings. The normalized spacial score (nSPS) is 17.0. The summed E-state index contributed by atoms with van der Waals surface area (Å²) in [6.07, 6.45) is 0.755. The molecule has 0 atom stereocenters. The van der Waals surface area contributed by atoms with Crippen LogP contribution in [0.2, 0.25) is 0 Å². The third-order valence-corrected chi connectivity index (χ3v) is 5.38. The number of hydrogen-bond acceptors (Lipinski definition) is 6. The summed E-state index contributed by atoms with van der Waals surface area (Å²) in [6, 6.07) is 10.7. The maximum atomic E-state index is 12.2. The molecule has 0 bridgehead atoms. The van der Waals surface area contributed by atoms with Crippen molar-refractivity contribution in [1.29, 1.82) is 0 Å². The van der Waals surface area contributed by atoms with Crippen LogP contribution in [0.25, 0.3) is 0 Å². The minimum absolute atomic E-state index is 0. The van der Waals surface area contributed by atoms with Crippen molar-refractivity contribution in [2.75, 3.05) is 51.1 Å². The Morgan fingerprint density at radius 3 is 2.52 bits per heavy atom. The summed E-state index contributed by atoms with van der Waals surface area (Å²) in [5.74, 6) is 0.588. The van der Waals surface area contributed by atoms with Crippen LogP contribution in [0.15, 0.2) is 35.1 Å². The summed E-state index contributed by atoms with van der Waals surface area (Å²) in [6.45, 7) is 8.63. The number of rotatable bonds is 6. The number of aromatic nitrogens is 2. The molecule has 0 saturated carbocycles. The van der Waals surface area contributed by atoms with Gasteiger partial charge < -0.3 is 10.6 Å². The summed E-state index contributed by atoms with van der Waals surface area (Å²) < 4.78 is 0. The number of nitrogens with zero attached hydrogens (tertiary/aromatic N) is 3. The van der Waals surface area contributed by atoms with E-state index < -0.39 is 0 Å². The Hall–Kier alpha value is -1.64. The molecule has 3 heterocycles. The molecule has 7 nitrogen and oxygen atoms in total. The average molecular weight is 441 g/mol. The highest BCUT2D eigenvalue weighted by Gasteiger charge is 2.17. The van der Waals surface area contributed by atoms with Crippen molar-refractivity contribution in [3.05, 3.63) is 57.5 Å². The van der Waals surface area contributed by atoms with Gasteiger partial charge in [-0.15, -0.1) is 24.8 Å². The second-order valence-electron chi connectivity index (χ2n) is 7.30. The standard InChI is InChI=1S/C20H28N6O.2ClH/c27-19-17-6-7-21-14-18(17)23-20(24-19)22-8-9-25-10-12-26(13-11-25)15-16-4-2-1-3-5-16;;/h1-5,21H,6-15H2,(H2,22,23,24,27);2*1H. The maximum absolute atomic E-state index is 12.2. The first-order chi connectivity index (χ1) is 13.3. The zero-order valence-electron chi connectivity index (χ0n) is 16.5. The van der Waals surface area contributed by atoms with E-state index in [0.717, 1.165) is 70.0 Å². The quantitative estimate of drug-likeness (QED) is 0.631. The van der Waals surface area contributed by atoms with Gasteiger partial charge in [0.1, 0.15) is 0 Å². The highest BCUT2D eigenvalue weighted by Crippen LogP contribution is 2.10. The molecule has 2 aliphatic heterocycles. The van der Waals surface area contributed by atoms with E-state index in [0.29, 0.717) is 12.5 Å². The Bertz CT molecular complexity index is 808. The number of fused-ring (bicyclic) bond motifs is 1. The lowest BCUT2D eigenvalue weighted by Crippen LogP contribution is -2.47. The second-order valence-corrected chi connectivity index (χ2v) is 7.30. The molecular formula is C20H30Cl2N6O. The van der Waals surface area contributed by atoms with Gasteiger partial charge in [0.2, 0.25) is 5.95 Å². The molecule has 4 rings (SSSR count). The van der Waals surface area contributed by atoms with Gasteiger partial charge in [0.15, 0.2) is 0 Å². The smallest absolute Gasteiger partial charge is 0.255 e. The fraction of sp³-hybridized carbons (Fsp3) is 0.500. The topological polar surface area (TPSA) is 76.3 Å². The van der Waals surface area contributed by atoms with E-state index in [-0.39, 0.29) is 30.4 Å². The van der Waals surface area contributed by atoms with Crippen LogP contribution >= 0.6 is 24.8 Å². The van der Waals surface area contributed by atoms with Gasteiger partial charge in [0.25, 0.3) is 5.56 Å². The molecule has 0 radical (unpaired) electrons. The van der Waals surface area contributed by atoms with Crippen LogP contribution in [0, 0.1) is 0 Å². The van der Waals surface area contributed by atoms with Crippen LogP contribution in [0.5, 0.6) is 0 Å². The summed E-state index contributed by atoms with van der Waals surface area (Å²) in [4.78, 5) is 24.6. The predicted octanol–water partition coefficient (Wildman–Crippen LogP) is 1.49. The van der Waals surface area contributed by atoms with Gasteiger partial charge in [-0.05, 0) is 18.5 Å². The largest absolute Gasteiger partial charge is 0.354 e. The third-order valence-electron chi connectivity index (χ3n) is 5.38. The number of benzene rings is 1. The molecule has 0 amide bonds. The Morgan fingerprint density at radius 2 is 1.76 bits per heavy atom. The van der Waals surface area contributed by atoms with Crippen LogP contribution in [0.4, 0.5) is 5.95 Å². The number of H-pyrrole nitrogens is 1. The molecule has 29 heavy (non-hydrogen) atoms. The van der Waals surface area contributed by atoms with Crippen LogP contribution in [-0.4, -0.2) is 65.6 Å². The molecular weight excluding hydrogens is 411 g/mol. The van der Waals surface area contributed by atoms with Crippen LogP contribution < -0.4 is 16.2 Å². The van der Waals surface area contributed by atoms with E-state index in [9.17, 15) is 4.79 Å². The highest BCUT2D eigenvalue weighted by molar-refractivity contribution is 5.85. The van der Waals surface area contributed by atoms with Crippen molar-refractivity contribution in [3.8, 4) is 0 Å². The van der Waals surface area contributed by atoms with Gasteiger partial charge in [0.05, 0.1) is 5.69 Å². The van der Waals surface area contributed by atoms with Crippen molar-refractivity contribution in [2.45, 2.75) is 19.5 Å². The Kier molecular flexibility index (Phi) is 9.39. The minimum Gasteiger partial charge on any atom is -0.354 e. The van der Waals surface area contributed by atoms with E-state index >= 15 is 0 Å².